The van der Waals surface area contributed by atoms with E-state index < -0.39 is 14.9 Å². The van der Waals surface area contributed by atoms with Crippen LogP contribution >= 0.6 is 12.2 Å². The van der Waals surface area contributed by atoms with Gasteiger partial charge in [0.1, 0.15) is 0 Å². The minimum absolute atomic E-state index is 0.00128. The number of hydrogen-bond acceptors (Lipinski definition) is 7. The van der Waals surface area contributed by atoms with E-state index in [-0.39, 0.29) is 15.7 Å². The Morgan fingerprint density at radius 3 is 2.53 bits per heavy atom. The molecule has 1 fully saturated rings. The molecule has 0 atom stereocenters. The van der Waals surface area contributed by atoms with Gasteiger partial charge in [-0.3, -0.25) is 15.5 Å². The molecule has 0 spiro atoms. The van der Waals surface area contributed by atoms with Gasteiger partial charge in [-0.05, 0) is 54.7 Å². The van der Waals surface area contributed by atoms with E-state index >= 15 is 0 Å². The summed E-state index contributed by atoms with van der Waals surface area (Å²) in [4.78, 5) is 10.7. The summed E-state index contributed by atoms with van der Waals surface area (Å²) in [5.41, 5.74) is 3.66. The lowest BCUT2D eigenvalue weighted by atomic mass is 10.2. The minimum Gasteiger partial charge on any atom is -0.379 e. The molecule has 1 heterocycles. The molecule has 0 aromatic heterocycles. The van der Waals surface area contributed by atoms with Crippen LogP contribution in [0.5, 0.6) is 0 Å². The third-order valence-corrected chi connectivity index (χ3v) is 6.56. The molecule has 0 amide bonds. The number of rotatable bonds is 7. The molecule has 0 saturated carbocycles. The van der Waals surface area contributed by atoms with Crippen molar-refractivity contribution in [1.29, 1.82) is 0 Å². The van der Waals surface area contributed by atoms with Gasteiger partial charge in [0.25, 0.3) is 5.69 Å². The van der Waals surface area contributed by atoms with Gasteiger partial charge in [0, 0.05) is 31.1 Å². The molecule has 3 rings (SSSR count). The van der Waals surface area contributed by atoms with Gasteiger partial charge >= 0.3 is 0 Å². The van der Waals surface area contributed by atoms with E-state index in [4.69, 9.17) is 17.0 Å². The quantitative estimate of drug-likeness (QED) is 0.271. The second kappa shape index (κ2) is 10.9. The Morgan fingerprint density at radius 2 is 1.84 bits per heavy atom. The number of sulfonamides is 1. The fourth-order valence-corrected chi connectivity index (χ4v) is 4.46. The summed E-state index contributed by atoms with van der Waals surface area (Å²) in [5, 5.41) is 18.0. The molecule has 2 aromatic rings. The number of benzene rings is 2. The van der Waals surface area contributed by atoms with Crippen molar-refractivity contribution in [2.45, 2.75) is 4.90 Å². The molecular formula is C20H21N5O5S2. The second-order valence-corrected chi connectivity index (χ2v) is 8.91. The summed E-state index contributed by atoms with van der Waals surface area (Å²) in [6.45, 7) is 1.44. The highest BCUT2D eigenvalue weighted by Gasteiger charge is 2.26. The van der Waals surface area contributed by atoms with Crippen LogP contribution in [0.4, 0.5) is 11.4 Å². The number of nitrogens with one attached hydrogen (secondary N) is 2. The molecule has 168 valence electrons. The maximum absolute atomic E-state index is 12.6. The molecule has 0 radical (unpaired) electrons. The molecule has 0 unspecified atom stereocenters. The molecule has 10 nitrogen and oxygen atoms in total. The summed E-state index contributed by atoms with van der Waals surface area (Å²) in [6.07, 6.45) is 4.51. The first-order valence-corrected chi connectivity index (χ1v) is 11.4. The molecule has 12 heteroatoms. The van der Waals surface area contributed by atoms with Gasteiger partial charge in [0.2, 0.25) is 10.0 Å². The lowest BCUT2D eigenvalue weighted by molar-refractivity contribution is -0.385. The van der Waals surface area contributed by atoms with Crippen molar-refractivity contribution < 1.29 is 18.1 Å². The topological polar surface area (TPSA) is 126 Å². The number of anilines is 1. The molecule has 32 heavy (non-hydrogen) atoms. The van der Waals surface area contributed by atoms with E-state index in [0.29, 0.717) is 37.6 Å². The van der Waals surface area contributed by atoms with Crippen molar-refractivity contribution >= 4 is 51.0 Å². The SMILES string of the molecule is O=[N+]([O-])c1ccccc1C=CC=NNC(=S)Nc1ccc(S(=O)(=O)N2CCOCC2)cc1. The third-order valence-electron chi connectivity index (χ3n) is 4.46. The van der Waals surface area contributed by atoms with E-state index in [1.54, 1.807) is 42.5 Å². The number of nitro groups is 1. The molecular weight excluding hydrogens is 454 g/mol. The number of allylic oxidation sites excluding steroid dienone is 1. The smallest absolute Gasteiger partial charge is 0.276 e. The maximum Gasteiger partial charge on any atom is 0.276 e. The fraction of sp³-hybridized carbons (Fsp3) is 0.200. The minimum atomic E-state index is -3.56. The molecule has 0 aliphatic carbocycles. The van der Waals surface area contributed by atoms with Crippen molar-refractivity contribution in [3.05, 3.63) is 70.3 Å². The zero-order valence-electron chi connectivity index (χ0n) is 16.9. The summed E-state index contributed by atoms with van der Waals surface area (Å²) in [6, 6.07) is 12.6. The fourth-order valence-electron chi connectivity index (χ4n) is 2.89. The van der Waals surface area contributed by atoms with Crippen molar-refractivity contribution in [1.82, 2.24) is 9.73 Å². The van der Waals surface area contributed by atoms with Crippen LogP contribution in [0.1, 0.15) is 5.56 Å². The standard InChI is InChI=1S/C20H21N5O5S2/c26-25(27)19-6-2-1-4-16(19)5-3-11-21-23-20(31)22-17-7-9-18(10-8-17)32(28,29)24-12-14-30-15-13-24/h1-11H,12-15H2,(H2,22,23,31). The second-order valence-electron chi connectivity index (χ2n) is 6.56. The largest absolute Gasteiger partial charge is 0.379 e. The zero-order chi connectivity index (χ0) is 23.0. The molecule has 0 bridgehead atoms. The number of nitrogens with zero attached hydrogens (tertiary/aromatic N) is 3. The molecule has 2 aromatic carbocycles. The number of para-hydroxylation sites is 1. The number of hydrogen-bond donors (Lipinski definition) is 2. The predicted octanol–water partition coefficient (Wildman–Crippen LogP) is 2.60. The van der Waals surface area contributed by atoms with Gasteiger partial charge in [-0.15, -0.1) is 0 Å². The maximum atomic E-state index is 12.6. The van der Waals surface area contributed by atoms with Gasteiger partial charge in [0.05, 0.1) is 28.6 Å². The van der Waals surface area contributed by atoms with Crippen LogP contribution in [-0.4, -0.2) is 55.3 Å². The lowest BCUT2D eigenvalue weighted by Gasteiger charge is -2.26. The summed E-state index contributed by atoms with van der Waals surface area (Å²) < 4.78 is 31.9. The summed E-state index contributed by atoms with van der Waals surface area (Å²) >= 11 is 5.15. The van der Waals surface area contributed by atoms with Crippen LogP contribution in [0.2, 0.25) is 0 Å². The van der Waals surface area contributed by atoms with E-state index in [1.165, 1.54) is 28.7 Å². The lowest BCUT2D eigenvalue weighted by Crippen LogP contribution is -2.40. The van der Waals surface area contributed by atoms with E-state index in [9.17, 15) is 18.5 Å². The number of thiocarbonyl (C=S) groups is 1. The Labute approximate surface area is 190 Å². The number of morpholine rings is 1. The van der Waals surface area contributed by atoms with Gasteiger partial charge in [0.15, 0.2) is 5.11 Å². The third kappa shape index (κ3) is 6.17. The Morgan fingerprint density at radius 1 is 1.16 bits per heavy atom. The molecule has 1 saturated heterocycles. The predicted molar refractivity (Wildman–Crippen MR) is 126 cm³/mol. The van der Waals surface area contributed by atoms with Crippen molar-refractivity contribution in [2.75, 3.05) is 31.6 Å². The Hall–Kier alpha value is -3.19. The van der Waals surface area contributed by atoms with Gasteiger partial charge in [-0.25, -0.2) is 8.42 Å². The first kappa shape index (κ1) is 23.5. The molecule has 1 aliphatic rings. The van der Waals surface area contributed by atoms with E-state index in [1.807, 2.05) is 0 Å². The Balaban J connectivity index is 1.52. The first-order chi connectivity index (χ1) is 15.4. The number of nitro benzene ring substituents is 1. The Bertz CT molecular complexity index is 1130. The van der Waals surface area contributed by atoms with Gasteiger partial charge < -0.3 is 10.1 Å². The summed E-state index contributed by atoms with van der Waals surface area (Å²) in [7, 11) is -3.56. The number of ether oxygens (including phenoxy) is 1. The highest BCUT2D eigenvalue weighted by Crippen LogP contribution is 2.20. The summed E-state index contributed by atoms with van der Waals surface area (Å²) in [5.74, 6) is 0. The van der Waals surface area contributed by atoms with Crippen molar-refractivity contribution in [2.24, 2.45) is 5.10 Å². The first-order valence-electron chi connectivity index (χ1n) is 9.56. The van der Waals surface area contributed by atoms with Crippen LogP contribution < -0.4 is 10.7 Å². The molecule has 2 N–H and O–H groups in total. The monoisotopic (exact) mass is 475 g/mol. The van der Waals surface area contributed by atoms with Crippen molar-refractivity contribution in [3.8, 4) is 0 Å². The zero-order valence-corrected chi connectivity index (χ0v) is 18.5. The van der Waals surface area contributed by atoms with Crippen LogP contribution in [0.3, 0.4) is 0 Å². The number of hydrazone groups is 1. The van der Waals surface area contributed by atoms with Crippen LogP contribution in [-0.2, 0) is 14.8 Å². The molecule has 1 aliphatic heterocycles. The average molecular weight is 476 g/mol. The van der Waals surface area contributed by atoms with Gasteiger partial charge in [-0.1, -0.05) is 12.1 Å². The highest BCUT2D eigenvalue weighted by molar-refractivity contribution is 7.89. The van der Waals surface area contributed by atoms with Crippen molar-refractivity contribution in [3.63, 3.8) is 0 Å². The van der Waals surface area contributed by atoms with Crippen LogP contribution in [0, 0.1) is 10.1 Å². The average Bonchev–Trinajstić information content (AvgIpc) is 2.80. The normalized spacial score (nSPS) is 15.1. The highest BCUT2D eigenvalue weighted by atomic mass is 32.2. The van der Waals surface area contributed by atoms with Crippen LogP contribution in [0.25, 0.3) is 6.08 Å². The Kier molecular flexibility index (Phi) is 8.00. The van der Waals surface area contributed by atoms with Gasteiger partial charge in [-0.2, -0.15) is 9.41 Å². The van der Waals surface area contributed by atoms with Crippen LogP contribution in [0.15, 0.2) is 64.6 Å². The van der Waals surface area contributed by atoms with E-state index in [0.717, 1.165) is 0 Å². The van der Waals surface area contributed by atoms with E-state index in [2.05, 4.69) is 15.8 Å².